The molecule has 1 atom stereocenters. The molecule has 25 heavy (non-hydrogen) atoms. The maximum absolute atomic E-state index is 12.9. The van der Waals surface area contributed by atoms with Crippen LogP contribution in [-0.4, -0.2) is 23.3 Å². The number of nitro groups is 1. The quantitative estimate of drug-likeness (QED) is 0.533. The topological polar surface area (TPSA) is 118 Å². The molecule has 130 valence electrons. The predicted molar refractivity (Wildman–Crippen MR) is 87.9 cm³/mol. The highest BCUT2D eigenvalue weighted by atomic mass is 32.2. The van der Waals surface area contributed by atoms with E-state index in [-0.39, 0.29) is 10.6 Å². The zero-order chi connectivity index (χ0) is 18.2. The Morgan fingerprint density at radius 2 is 1.92 bits per heavy atom. The van der Waals surface area contributed by atoms with Crippen LogP contribution in [0.3, 0.4) is 0 Å². The van der Waals surface area contributed by atoms with Gasteiger partial charge >= 0.3 is 0 Å². The summed E-state index contributed by atoms with van der Waals surface area (Å²) in [6, 6.07) is 7.83. The predicted octanol–water partition coefficient (Wildman–Crippen LogP) is 2.65. The highest BCUT2D eigenvalue weighted by Crippen LogP contribution is 2.22. The van der Waals surface area contributed by atoms with Crippen LogP contribution in [0.1, 0.15) is 18.8 Å². The van der Waals surface area contributed by atoms with Crippen molar-refractivity contribution >= 4 is 26.7 Å². The van der Waals surface area contributed by atoms with Gasteiger partial charge in [-0.05, 0) is 37.3 Å². The van der Waals surface area contributed by atoms with E-state index in [4.69, 9.17) is 0 Å². The first-order valence-corrected chi connectivity index (χ1v) is 8.66. The van der Waals surface area contributed by atoms with Gasteiger partial charge in [0.2, 0.25) is 10.0 Å². The fraction of sp³-hybridized carbons (Fsp3) is 0.133. The lowest BCUT2D eigenvalue weighted by atomic mass is 10.3. The molecule has 1 unspecified atom stereocenters. The molecule has 0 amide bonds. The van der Waals surface area contributed by atoms with Gasteiger partial charge in [0, 0.05) is 12.1 Å². The van der Waals surface area contributed by atoms with Crippen molar-refractivity contribution in [3.63, 3.8) is 0 Å². The molecular formula is C15H13FN4O4S. The van der Waals surface area contributed by atoms with Gasteiger partial charge in [0.25, 0.3) is 5.69 Å². The summed E-state index contributed by atoms with van der Waals surface area (Å²) in [5, 5.41) is 10.8. The molecule has 0 saturated carbocycles. The van der Waals surface area contributed by atoms with Crippen LogP contribution < -0.4 is 4.72 Å². The number of hydrogen-bond donors (Lipinski definition) is 2. The number of nitrogens with zero attached hydrogens (tertiary/aromatic N) is 2. The van der Waals surface area contributed by atoms with Crippen molar-refractivity contribution in [2.24, 2.45) is 0 Å². The number of rotatable bonds is 5. The normalized spacial score (nSPS) is 13.0. The minimum absolute atomic E-state index is 0.0764. The number of aromatic amines is 1. The third-order valence-electron chi connectivity index (χ3n) is 3.56. The smallest absolute Gasteiger partial charge is 0.271 e. The van der Waals surface area contributed by atoms with E-state index in [0.29, 0.717) is 16.9 Å². The van der Waals surface area contributed by atoms with E-state index >= 15 is 0 Å². The van der Waals surface area contributed by atoms with Crippen LogP contribution >= 0.6 is 0 Å². The Hall–Kier alpha value is -2.85. The van der Waals surface area contributed by atoms with Crippen molar-refractivity contribution in [2.45, 2.75) is 17.9 Å². The highest BCUT2D eigenvalue weighted by Gasteiger charge is 2.21. The molecule has 0 aliphatic heterocycles. The SMILES string of the molecule is CC(NS(=O)(=O)c1ccc(F)cc1)c1nc2ccc([N+](=O)[O-])cc2[nH]1. The van der Waals surface area contributed by atoms with Crippen molar-refractivity contribution in [3.05, 3.63) is 64.2 Å². The number of benzene rings is 2. The lowest BCUT2D eigenvalue weighted by Crippen LogP contribution is -2.27. The molecule has 0 spiro atoms. The molecule has 0 aliphatic rings. The van der Waals surface area contributed by atoms with E-state index in [1.165, 1.54) is 18.2 Å². The zero-order valence-electron chi connectivity index (χ0n) is 12.9. The number of nitrogens with one attached hydrogen (secondary N) is 2. The first kappa shape index (κ1) is 17.0. The number of hydrogen-bond acceptors (Lipinski definition) is 5. The summed E-state index contributed by atoms with van der Waals surface area (Å²) < 4.78 is 40.0. The van der Waals surface area contributed by atoms with Gasteiger partial charge in [-0.1, -0.05) is 0 Å². The summed E-state index contributed by atoms with van der Waals surface area (Å²) in [7, 11) is -3.87. The first-order valence-electron chi connectivity index (χ1n) is 7.18. The van der Waals surface area contributed by atoms with Crippen molar-refractivity contribution in [1.82, 2.24) is 14.7 Å². The summed E-state index contributed by atoms with van der Waals surface area (Å²) >= 11 is 0. The van der Waals surface area contributed by atoms with Crippen LogP contribution in [0.5, 0.6) is 0 Å². The van der Waals surface area contributed by atoms with Crippen LogP contribution in [0, 0.1) is 15.9 Å². The zero-order valence-corrected chi connectivity index (χ0v) is 13.7. The molecule has 0 fully saturated rings. The van der Waals surface area contributed by atoms with Crippen molar-refractivity contribution < 1.29 is 17.7 Å². The molecule has 1 heterocycles. The fourth-order valence-corrected chi connectivity index (χ4v) is 3.51. The number of sulfonamides is 1. The van der Waals surface area contributed by atoms with E-state index in [1.54, 1.807) is 6.92 Å². The molecule has 0 radical (unpaired) electrons. The van der Waals surface area contributed by atoms with Gasteiger partial charge in [0.1, 0.15) is 11.6 Å². The molecule has 2 N–H and O–H groups in total. The monoisotopic (exact) mass is 364 g/mol. The van der Waals surface area contributed by atoms with E-state index in [9.17, 15) is 22.9 Å². The average Bonchev–Trinajstić information content (AvgIpc) is 2.98. The number of halogens is 1. The van der Waals surface area contributed by atoms with Crippen LogP contribution in [0.2, 0.25) is 0 Å². The number of non-ortho nitro benzene ring substituents is 1. The number of imidazole rings is 1. The van der Waals surface area contributed by atoms with Crippen LogP contribution in [0.15, 0.2) is 47.4 Å². The van der Waals surface area contributed by atoms with Crippen LogP contribution in [0.25, 0.3) is 11.0 Å². The Morgan fingerprint density at radius 3 is 2.56 bits per heavy atom. The van der Waals surface area contributed by atoms with Crippen molar-refractivity contribution in [1.29, 1.82) is 0 Å². The Labute approximate surface area is 141 Å². The van der Waals surface area contributed by atoms with Gasteiger partial charge in [0.05, 0.1) is 26.9 Å². The van der Waals surface area contributed by atoms with Gasteiger partial charge in [-0.3, -0.25) is 10.1 Å². The Bertz CT molecular complexity index is 1050. The van der Waals surface area contributed by atoms with E-state index < -0.39 is 26.8 Å². The van der Waals surface area contributed by atoms with Crippen LogP contribution in [-0.2, 0) is 10.0 Å². The second-order valence-electron chi connectivity index (χ2n) is 5.38. The molecule has 8 nitrogen and oxygen atoms in total. The van der Waals surface area contributed by atoms with Gasteiger partial charge < -0.3 is 4.98 Å². The fourth-order valence-electron chi connectivity index (χ4n) is 2.31. The number of H-pyrrole nitrogens is 1. The standard InChI is InChI=1S/C15H13FN4O4S/c1-9(19-25(23,24)12-5-2-10(16)3-6-12)15-17-13-7-4-11(20(21)22)8-14(13)18-15/h2-9,19H,1H3,(H,17,18). The lowest BCUT2D eigenvalue weighted by molar-refractivity contribution is -0.384. The van der Waals surface area contributed by atoms with Crippen molar-refractivity contribution in [3.8, 4) is 0 Å². The number of nitro benzene ring substituents is 1. The van der Waals surface area contributed by atoms with E-state index in [2.05, 4.69) is 14.7 Å². The number of fused-ring (bicyclic) bond motifs is 1. The van der Waals surface area contributed by atoms with Gasteiger partial charge in [-0.25, -0.2) is 22.5 Å². The summed E-state index contributed by atoms with van der Waals surface area (Å²) in [6.07, 6.45) is 0. The minimum Gasteiger partial charge on any atom is -0.340 e. The highest BCUT2D eigenvalue weighted by molar-refractivity contribution is 7.89. The third-order valence-corrected chi connectivity index (χ3v) is 5.12. The molecule has 3 rings (SSSR count). The maximum atomic E-state index is 12.9. The lowest BCUT2D eigenvalue weighted by Gasteiger charge is -2.12. The Balaban J connectivity index is 1.87. The maximum Gasteiger partial charge on any atom is 0.271 e. The largest absolute Gasteiger partial charge is 0.340 e. The Kier molecular flexibility index (Phi) is 4.23. The second kappa shape index (κ2) is 6.22. The summed E-state index contributed by atoms with van der Waals surface area (Å²) in [4.78, 5) is 17.3. The molecule has 2 aromatic carbocycles. The van der Waals surface area contributed by atoms with E-state index in [1.807, 2.05) is 0 Å². The summed E-state index contributed by atoms with van der Waals surface area (Å²) in [6.45, 7) is 1.58. The molecule has 0 aliphatic carbocycles. The molecule has 0 saturated heterocycles. The van der Waals surface area contributed by atoms with Gasteiger partial charge in [-0.2, -0.15) is 0 Å². The van der Waals surface area contributed by atoms with Crippen LogP contribution in [0.4, 0.5) is 10.1 Å². The average molecular weight is 364 g/mol. The first-order chi connectivity index (χ1) is 11.8. The van der Waals surface area contributed by atoms with Gasteiger partial charge in [0.15, 0.2) is 0 Å². The molecule has 1 aromatic heterocycles. The minimum atomic E-state index is -3.87. The van der Waals surface area contributed by atoms with E-state index in [0.717, 1.165) is 24.3 Å². The molecule has 3 aromatic rings. The van der Waals surface area contributed by atoms with Gasteiger partial charge in [-0.15, -0.1) is 0 Å². The second-order valence-corrected chi connectivity index (χ2v) is 7.09. The summed E-state index contributed by atoms with van der Waals surface area (Å²) in [5.41, 5.74) is 0.813. The third kappa shape index (κ3) is 3.49. The van der Waals surface area contributed by atoms with Crippen molar-refractivity contribution in [2.75, 3.05) is 0 Å². The molecule has 10 heteroatoms. The Morgan fingerprint density at radius 1 is 1.24 bits per heavy atom. The number of aromatic nitrogens is 2. The molecular weight excluding hydrogens is 351 g/mol. The molecule has 0 bridgehead atoms. The summed E-state index contributed by atoms with van der Waals surface area (Å²) in [5.74, 6) is -0.230.